The van der Waals surface area contributed by atoms with Gasteiger partial charge < -0.3 is 15.4 Å². The number of hydrogen-bond acceptors (Lipinski definition) is 3. The summed E-state index contributed by atoms with van der Waals surface area (Å²) in [5.41, 5.74) is 0. The van der Waals surface area contributed by atoms with E-state index in [2.05, 4.69) is 15.6 Å². The first kappa shape index (κ1) is 21.7. The van der Waals surface area contributed by atoms with Gasteiger partial charge >= 0.3 is 6.18 Å². The molecule has 0 aromatic rings. The van der Waals surface area contributed by atoms with E-state index in [-0.39, 0.29) is 30.0 Å². The molecule has 0 aromatic heterocycles. The third kappa shape index (κ3) is 9.67. The molecule has 0 saturated carbocycles. The summed E-state index contributed by atoms with van der Waals surface area (Å²) >= 11 is 0. The minimum absolute atomic E-state index is 0. The Morgan fingerprint density at radius 3 is 2.68 bits per heavy atom. The molecule has 1 heterocycles. The molecule has 1 atom stereocenters. The average Bonchev–Trinajstić information content (AvgIpc) is 2.79. The van der Waals surface area contributed by atoms with E-state index in [4.69, 9.17) is 4.74 Å². The average molecular weight is 438 g/mol. The first-order valence-corrected chi connectivity index (χ1v) is 7.36. The van der Waals surface area contributed by atoms with Crippen LogP contribution in [0, 0.1) is 0 Å². The van der Waals surface area contributed by atoms with Crippen LogP contribution in [0.2, 0.25) is 0 Å². The summed E-state index contributed by atoms with van der Waals surface area (Å²) in [5, 5.41) is 6.28. The van der Waals surface area contributed by atoms with Gasteiger partial charge in [-0.05, 0) is 20.3 Å². The van der Waals surface area contributed by atoms with Crippen LogP contribution in [0.25, 0.3) is 0 Å². The second-order valence-corrected chi connectivity index (χ2v) is 4.94. The van der Waals surface area contributed by atoms with Crippen LogP contribution in [0.3, 0.4) is 0 Å². The smallest absolute Gasteiger partial charge is 0.380 e. The molecule has 0 radical (unpaired) electrons. The Morgan fingerprint density at radius 2 is 2.09 bits per heavy atom. The molecular weight excluding hydrogens is 412 g/mol. The van der Waals surface area contributed by atoms with Crippen molar-refractivity contribution in [3.63, 3.8) is 0 Å². The van der Waals surface area contributed by atoms with Crippen molar-refractivity contribution in [2.24, 2.45) is 4.99 Å². The Hall–Kier alpha value is -0.290. The zero-order chi connectivity index (χ0) is 15.7. The molecule has 1 fully saturated rings. The van der Waals surface area contributed by atoms with Crippen molar-refractivity contribution in [2.45, 2.75) is 32.5 Å². The Bertz CT molecular complexity index is 329. The highest BCUT2D eigenvalue weighted by Crippen LogP contribution is 2.19. The molecule has 5 nitrogen and oxygen atoms in total. The number of ether oxygens (including phenoxy) is 1. The molecule has 0 amide bonds. The molecule has 0 aliphatic carbocycles. The van der Waals surface area contributed by atoms with Gasteiger partial charge in [-0.15, -0.1) is 24.0 Å². The van der Waals surface area contributed by atoms with Crippen LogP contribution in [0.1, 0.15) is 20.3 Å². The summed E-state index contributed by atoms with van der Waals surface area (Å²) in [4.78, 5) is 5.76. The minimum atomic E-state index is -4.13. The Morgan fingerprint density at radius 1 is 1.36 bits per heavy atom. The molecule has 0 spiro atoms. The van der Waals surface area contributed by atoms with Gasteiger partial charge in [0.2, 0.25) is 0 Å². The monoisotopic (exact) mass is 438 g/mol. The number of alkyl halides is 3. The van der Waals surface area contributed by atoms with Crippen molar-refractivity contribution < 1.29 is 17.9 Å². The fraction of sp³-hybridized carbons (Fsp3) is 0.923. The molecule has 1 aliphatic heterocycles. The lowest BCUT2D eigenvalue weighted by Crippen LogP contribution is -2.45. The lowest BCUT2D eigenvalue weighted by atomic mass is 10.3. The fourth-order valence-corrected chi connectivity index (χ4v) is 2.23. The van der Waals surface area contributed by atoms with E-state index in [9.17, 15) is 13.2 Å². The largest absolute Gasteiger partial charge is 0.401 e. The SMILES string of the molecule is CCNC(=NCCOCC)NC1CCN(CC(F)(F)F)C1.I. The van der Waals surface area contributed by atoms with Gasteiger partial charge in [0.15, 0.2) is 5.96 Å². The third-order valence-electron chi connectivity index (χ3n) is 3.07. The zero-order valence-electron chi connectivity index (χ0n) is 13.1. The Labute approximate surface area is 147 Å². The van der Waals surface area contributed by atoms with E-state index in [0.29, 0.717) is 51.8 Å². The molecule has 9 heteroatoms. The van der Waals surface area contributed by atoms with Crippen molar-refractivity contribution >= 4 is 29.9 Å². The molecule has 1 unspecified atom stereocenters. The van der Waals surface area contributed by atoms with Crippen LogP contribution < -0.4 is 10.6 Å². The third-order valence-corrected chi connectivity index (χ3v) is 3.07. The number of nitrogens with one attached hydrogen (secondary N) is 2. The van der Waals surface area contributed by atoms with Crippen LogP contribution in [-0.4, -0.2) is 69.0 Å². The minimum Gasteiger partial charge on any atom is -0.380 e. The first-order valence-electron chi connectivity index (χ1n) is 7.36. The fourth-order valence-electron chi connectivity index (χ4n) is 2.23. The quantitative estimate of drug-likeness (QED) is 0.276. The Balaban J connectivity index is 0.00000441. The van der Waals surface area contributed by atoms with Gasteiger partial charge in [0.1, 0.15) is 0 Å². The van der Waals surface area contributed by atoms with Crippen molar-refractivity contribution in [3.8, 4) is 0 Å². The number of rotatable bonds is 7. The van der Waals surface area contributed by atoms with Gasteiger partial charge in [0.05, 0.1) is 19.7 Å². The molecule has 0 bridgehead atoms. The molecule has 2 N–H and O–H groups in total. The molecule has 0 aromatic carbocycles. The van der Waals surface area contributed by atoms with E-state index in [1.165, 1.54) is 4.90 Å². The summed E-state index contributed by atoms with van der Waals surface area (Å²) in [6, 6.07) is -0.00255. The van der Waals surface area contributed by atoms with Crippen LogP contribution in [0.4, 0.5) is 13.2 Å². The second kappa shape index (κ2) is 11.3. The van der Waals surface area contributed by atoms with Crippen molar-refractivity contribution in [2.75, 3.05) is 45.9 Å². The summed E-state index contributed by atoms with van der Waals surface area (Å²) in [6.07, 6.45) is -3.45. The van der Waals surface area contributed by atoms with Crippen molar-refractivity contribution in [1.29, 1.82) is 0 Å². The molecule has 1 aliphatic rings. The predicted molar refractivity (Wildman–Crippen MR) is 91.9 cm³/mol. The maximum atomic E-state index is 12.3. The van der Waals surface area contributed by atoms with Crippen LogP contribution >= 0.6 is 24.0 Å². The highest BCUT2D eigenvalue weighted by Gasteiger charge is 2.34. The molecule has 22 heavy (non-hydrogen) atoms. The van der Waals surface area contributed by atoms with Crippen LogP contribution in [0.5, 0.6) is 0 Å². The summed E-state index contributed by atoms with van der Waals surface area (Å²) in [5.74, 6) is 0.635. The van der Waals surface area contributed by atoms with E-state index < -0.39 is 12.7 Å². The Kier molecular flexibility index (Phi) is 11.1. The van der Waals surface area contributed by atoms with E-state index in [1.54, 1.807) is 0 Å². The van der Waals surface area contributed by atoms with Gasteiger partial charge in [-0.25, -0.2) is 0 Å². The van der Waals surface area contributed by atoms with Gasteiger partial charge in [-0.2, -0.15) is 13.2 Å². The number of likely N-dealkylation sites (tertiary alicyclic amines) is 1. The highest BCUT2D eigenvalue weighted by atomic mass is 127. The van der Waals surface area contributed by atoms with Gasteiger partial charge in [-0.1, -0.05) is 0 Å². The standard InChI is InChI=1S/C13H25F3N4O.HI/c1-3-17-12(18-6-8-21-4-2)19-11-5-7-20(9-11)10-13(14,15)16;/h11H,3-10H2,1-2H3,(H2,17,18,19);1H. The highest BCUT2D eigenvalue weighted by molar-refractivity contribution is 14.0. The summed E-state index contributed by atoms with van der Waals surface area (Å²) in [6.45, 7) is 6.29. The van der Waals surface area contributed by atoms with Gasteiger partial charge in [0, 0.05) is 32.3 Å². The van der Waals surface area contributed by atoms with Crippen molar-refractivity contribution in [3.05, 3.63) is 0 Å². The van der Waals surface area contributed by atoms with Gasteiger partial charge in [0.25, 0.3) is 0 Å². The molecule has 1 saturated heterocycles. The first-order chi connectivity index (χ1) is 9.94. The summed E-state index contributed by atoms with van der Waals surface area (Å²) in [7, 11) is 0. The topological polar surface area (TPSA) is 48.9 Å². The van der Waals surface area contributed by atoms with E-state index in [0.717, 1.165) is 0 Å². The number of halogens is 4. The maximum Gasteiger partial charge on any atom is 0.401 e. The van der Waals surface area contributed by atoms with Crippen LogP contribution in [-0.2, 0) is 4.74 Å². The lowest BCUT2D eigenvalue weighted by molar-refractivity contribution is -0.143. The van der Waals surface area contributed by atoms with Gasteiger partial charge in [-0.3, -0.25) is 9.89 Å². The number of aliphatic imine (C=N–C) groups is 1. The summed E-state index contributed by atoms with van der Waals surface area (Å²) < 4.78 is 42.2. The van der Waals surface area contributed by atoms with E-state index in [1.807, 2.05) is 13.8 Å². The normalized spacial score (nSPS) is 19.9. The molecular formula is C13H26F3IN4O. The number of guanidine groups is 1. The van der Waals surface area contributed by atoms with E-state index >= 15 is 0 Å². The lowest BCUT2D eigenvalue weighted by Gasteiger charge is -2.19. The predicted octanol–water partition coefficient (Wildman–Crippen LogP) is 1.83. The molecule has 1 rings (SSSR count). The second-order valence-electron chi connectivity index (χ2n) is 4.94. The zero-order valence-corrected chi connectivity index (χ0v) is 15.4. The molecule has 132 valence electrons. The van der Waals surface area contributed by atoms with Crippen LogP contribution in [0.15, 0.2) is 4.99 Å². The maximum absolute atomic E-state index is 12.3. The number of hydrogen-bond donors (Lipinski definition) is 2. The van der Waals surface area contributed by atoms with Crippen molar-refractivity contribution in [1.82, 2.24) is 15.5 Å². The number of nitrogens with zero attached hydrogens (tertiary/aromatic N) is 2.